The third kappa shape index (κ3) is 1.95. The molecular formula is C18H13BrO3. The molecule has 3 nitrogen and oxygen atoms in total. The summed E-state index contributed by atoms with van der Waals surface area (Å²) >= 11 is 3.65. The van der Waals surface area contributed by atoms with E-state index in [0.29, 0.717) is 6.61 Å². The fraction of sp³-hybridized carbons (Fsp3) is 0.111. The van der Waals surface area contributed by atoms with Crippen molar-refractivity contribution in [2.75, 3.05) is 7.11 Å². The fourth-order valence-electron chi connectivity index (χ4n) is 2.93. The molecule has 0 bridgehead atoms. The number of halogens is 1. The zero-order valence-electron chi connectivity index (χ0n) is 11.9. The summed E-state index contributed by atoms with van der Waals surface area (Å²) in [5, 5.41) is 11.7. The molecule has 0 amide bonds. The van der Waals surface area contributed by atoms with E-state index in [1.807, 2.05) is 24.3 Å². The second-order valence-corrected chi connectivity index (χ2v) is 6.13. The molecular weight excluding hydrogens is 344 g/mol. The quantitative estimate of drug-likeness (QED) is 0.675. The van der Waals surface area contributed by atoms with Crippen LogP contribution in [-0.4, -0.2) is 12.2 Å². The van der Waals surface area contributed by atoms with Gasteiger partial charge in [0.05, 0.1) is 7.11 Å². The van der Waals surface area contributed by atoms with Crippen LogP contribution < -0.4 is 9.47 Å². The van der Waals surface area contributed by atoms with E-state index in [9.17, 15) is 5.11 Å². The lowest BCUT2D eigenvalue weighted by molar-refractivity contribution is 0.305. The zero-order chi connectivity index (χ0) is 15.3. The van der Waals surface area contributed by atoms with Gasteiger partial charge < -0.3 is 14.6 Å². The lowest BCUT2D eigenvalue weighted by Crippen LogP contribution is -2.06. The average Bonchev–Trinajstić information content (AvgIpc) is 2.54. The van der Waals surface area contributed by atoms with E-state index in [2.05, 4.69) is 22.0 Å². The minimum Gasteiger partial charge on any atom is -0.508 e. The summed E-state index contributed by atoms with van der Waals surface area (Å²) in [6, 6.07) is 13.4. The maximum atomic E-state index is 9.64. The van der Waals surface area contributed by atoms with E-state index in [-0.39, 0.29) is 5.75 Å². The summed E-state index contributed by atoms with van der Waals surface area (Å²) in [6.07, 6.45) is 0. The molecule has 0 atom stereocenters. The van der Waals surface area contributed by atoms with Crippen LogP contribution in [0.3, 0.4) is 0 Å². The summed E-state index contributed by atoms with van der Waals surface area (Å²) < 4.78 is 12.3. The Labute approximate surface area is 136 Å². The highest BCUT2D eigenvalue weighted by molar-refractivity contribution is 9.10. The molecule has 0 unspecified atom stereocenters. The summed E-state index contributed by atoms with van der Waals surface area (Å²) in [4.78, 5) is 0. The van der Waals surface area contributed by atoms with E-state index >= 15 is 0 Å². The van der Waals surface area contributed by atoms with Gasteiger partial charge in [-0.3, -0.25) is 0 Å². The third-order valence-electron chi connectivity index (χ3n) is 4.00. The lowest BCUT2D eigenvalue weighted by Gasteiger charge is -2.23. The van der Waals surface area contributed by atoms with Crippen LogP contribution in [0, 0.1) is 0 Å². The van der Waals surface area contributed by atoms with Crippen LogP contribution in [-0.2, 0) is 6.61 Å². The second-order valence-electron chi connectivity index (χ2n) is 5.28. The predicted octanol–water partition coefficient (Wildman–Crippen LogP) is 4.88. The van der Waals surface area contributed by atoms with Crippen LogP contribution in [0.2, 0.25) is 0 Å². The molecule has 110 valence electrons. The highest BCUT2D eigenvalue weighted by atomic mass is 79.9. The van der Waals surface area contributed by atoms with Crippen LogP contribution in [0.25, 0.3) is 21.9 Å². The summed E-state index contributed by atoms with van der Waals surface area (Å²) in [5.41, 5.74) is 3.12. The number of hydrogen-bond donors (Lipinski definition) is 1. The highest BCUT2D eigenvalue weighted by Crippen LogP contribution is 2.46. The third-order valence-corrected chi connectivity index (χ3v) is 4.65. The van der Waals surface area contributed by atoms with E-state index in [0.717, 1.165) is 43.4 Å². The van der Waals surface area contributed by atoms with Crippen LogP contribution in [0.4, 0.5) is 0 Å². The highest BCUT2D eigenvalue weighted by Gasteiger charge is 2.21. The number of methoxy groups -OCH3 is 1. The predicted molar refractivity (Wildman–Crippen MR) is 89.6 cm³/mol. The Kier molecular flexibility index (Phi) is 3.01. The number of fused-ring (bicyclic) bond motifs is 5. The van der Waals surface area contributed by atoms with Crippen molar-refractivity contribution in [2.24, 2.45) is 0 Å². The number of benzene rings is 3. The normalized spacial score (nSPS) is 12.5. The smallest absolute Gasteiger partial charge is 0.135 e. The van der Waals surface area contributed by atoms with E-state index in [4.69, 9.17) is 9.47 Å². The minimum atomic E-state index is 0.260. The molecule has 22 heavy (non-hydrogen) atoms. The lowest BCUT2D eigenvalue weighted by atomic mass is 9.94. The average molecular weight is 357 g/mol. The Morgan fingerprint density at radius 1 is 1.05 bits per heavy atom. The minimum absolute atomic E-state index is 0.260. The van der Waals surface area contributed by atoms with Crippen LogP contribution in [0.5, 0.6) is 17.2 Å². The van der Waals surface area contributed by atoms with Crippen molar-refractivity contribution in [3.8, 4) is 28.4 Å². The van der Waals surface area contributed by atoms with Crippen molar-refractivity contribution in [3.05, 3.63) is 52.5 Å². The molecule has 0 aliphatic carbocycles. The first-order valence-electron chi connectivity index (χ1n) is 6.92. The molecule has 0 fully saturated rings. The summed E-state index contributed by atoms with van der Waals surface area (Å²) in [7, 11) is 1.66. The SMILES string of the molecule is COc1ccc2c3c(cc(Br)c2c1)-c1ccc(O)cc1CO3. The standard InChI is InChI=1S/C18H13BrO3/c1-21-12-3-5-14-15(7-12)17(19)8-16-13-4-2-11(20)6-10(13)9-22-18(14)16/h2-8,20H,9H2,1H3. The van der Waals surface area contributed by atoms with Crippen LogP contribution in [0.1, 0.15) is 5.56 Å². The summed E-state index contributed by atoms with van der Waals surface area (Å²) in [6.45, 7) is 0.458. The fourth-order valence-corrected chi connectivity index (χ4v) is 3.49. The van der Waals surface area contributed by atoms with Crippen LogP contribution in [0.15, 0.2) is 46.9 Å². The molecule has 1 aliphatic heterocycles. The van der Waals surface area contributed by atoms with Gasteiger partial charge in [-0.25, -0.2) is 0 Å². The molecule has 0 spiro atoms. The monoisotopic (exact) mass is 356 g/mol. The molecule has 0 saturated heterocycles. The van der Waals surface area contributed by atoms with E-state index in [1.165, 1.54) is 0 Å². The molecule has 0 aromatic heterocycles. The number of ether oxygens (including phenoxy) is 2. The largest absolute Gasteiger partial charge is 0.508 e. The van der Waals surface area contributed by atoms with Gasteiger partial charge in [0.1, 0.15) is 23.9 Å². The summed E-state index contributed by atoms with van der Waals surface area (Å²) in [5.74, 6) is 1.95. The van der Waals surface area contributed by atoms with Gasteiger partial charge in [0.2, 0.25) is 0 Å². The Balaban J connectivity index is 2.03. The second kappa shape index (κ2) is 4.92. The Hall–Kier alpha value is -2.20. The Morgan fingerprint density at radius 2 is 1.91 bits per heavy atom. The van der Waals surface area contributed by atoms with Crippen molar-refractivity contribution in [1.82, 2.24) is 0 Å². The van der Waals surface area contributed by atoms with Gasteiger partial charge in [-0.1, -0.05) is 22.0 Å². The molecule has 1 heterocycles. The first kappa shape index (κ1) is 13.5. The van der Waals surface area contributed by atoms with Crippen molar-refractivity contribution in [1.29, 1.82) is 0 Å². The topological polar surface area (TPSA) is 38.7 Å². The molecule has 3 aromatic rings. The van der Waals surface area contributed by atoms with Gasteiger partial charge in [0.25, 0.3) is 0 Å². The number of hydrogen-bond acceptors (Lipinski definition) is 3. The van der Waals surface area contributed by atoms with E-state index < -0.39 is 0 Å². The molecule has 1 aliphatic rings. The van der Waals surface area contributed by atoms with Gasteiger partial charge in [-0.15, -0.1) is 0 Å². The van der Waals surface area contributed by atoms with Gasteiger partial charge in [-0.05, 0) is 42.0 Å². The maximum Gasteiger partial charge on any atom is 0.135 e. The zero-order valence-corrected chi connectivity index (χ0v) is 13.5. The van der Waals surface area contributed by atoms with Crippen molar-refractivity contribution in [3.63, 3.8) is 0 Å². The molecule has 3 aromatic carbocycles. The molecule has 1 N–H and O–H groups in total. The molecule has 4 heteroatoms. The Morgan fingerprint density at radius 3 is 2.73 bits per heavy atom. The number of rotatable bonds is 1. The molecule has 0 radical (unpaired) electrons. The number of aromatic hydroxyl groups is 1. The molecule has 4 rings (SSSR count). The van der Waals surface area contributed by atoms with Gasteiger partial charge in [0.15, 0.2) is 0 Å². The van der Waals surface area contributed by atoms with Gasteiger partial charge in [0, 0.05) is 26.4 Å². The van der Waals surface area contributed by atoms with Crippen LogP contribution >= 0.6 is 15.9 Å². The van der Waals surface area contributed by atoms with Crippen molar-refractivity contribution >= 4 is 26.7 Å². The number of phenolic OH excluding ortho intramolecular Hbond substituents is 1. The maximum absolute atomic E-state index is 9.64. The first-order chi connectivity index (χ1) is 10.7. The number of phenols is 1. The molecule has 0 saturated carbocycles. The van der Waals surface area contributed by atoms with Gasteiger partial charge in [-0.2, -0.15) is 0 Å². The van der Waals surface area contributed by atoms with Crippen molar-refractivity contribution < 1.29 is 14.6 Å². The Bertz CT molecular complexity index is 902. The first-order valence-corrected chi connectivity index (χ1v) is 7.72. The van der Waals surface area contributed by atoms with Crippen molar-refractivity contribution in [2.45, 2.75) is 6.61 Å². The van der Waals surface area contributed by atoms with Gasteiger partial charge >= 0.3 is 0 Å². The van der Waals surface area contributed by atoms with E-state index in [1.54, 1.807) is 19.2 Å².